The van der Waals surface area contributed by atoms with E-state index >= 15 is 0 Å². The second kappa shape index (κ2) is 3.56. The molecule has 0 aliphatic rings. The van der Waals surface area contributed by atoms with Gasteiger partial charge in [0.2, 0.25) is 0 Å². The van der Waals surface area contributed by atoms with Gasteiger partial charge in [0.1, 0.15) is 0 Å². The van der Waals surface area contributed by atoms with Crippen molar-refractivity contribution in [2.45, 2.75) is 13.8 Å². The number of rotatable bonds is 1. The van der Waals surface area contributed by atoms with Gasteiger partial charge in [-0.25, -0.2) is 0 Å². The van der Waals surface area contributed by atoms with E-state index in [1.54, 1.807) is 13.8 Å². The molecule has 0 aromatic carbocycles. The standard InChI is InChI=1S/C8H9BN2O2/c1-5-6(2)11-4-8(9(12)13)7(5)3-10/h4,12-13H,1-2H3. The summed E-state index contributed by atoms with van der Waals surface area (Å²) < 4.78 is 0. The van der Waals surface area contributed by atoms with Crippen LogP contribution in [0.15, 0.2) is 6.20 Å². The van der Waals surface area contributed by atoms with Crippen LogP contribution in [0.25, 0.3) is 0 Å². The molecule has 5 heteroatoms. The number of aromatic nitrogens is 1. The molecule has 0 radical (unpaired) electrons. The molecule has 0 aliphatic carbocycles. The molecule has 1 rings (SSSR count). The minimum Gasteiger partial charge on any atom is -0.423 e. The van der Waals surface area contributed by atoms with Gasteiger partial charge in [0.15, 0.2) is 0 Å². The fourth-order valence-corrected chi connectivity index (χ4v) is 1.07. The van der Waals surface area contributed by atoms with E-state index in [2.05, 4.69) is 4.98 Å². The molecule has 0 saturated heterocycles. The number of hydrogen-bond donors (Lipinski definition) is 2. The summed E-state index contributed by atoms with van der Waals surface area (Å²) in [4.78, 5) is 3.94. The molecule has 2 N–H and O–H groups in total. The minimum atomic E-state index is -1.64. The lowest BCUT2D eigenvalue weighted by atomic mass is 9.77. The van der Waals surface area contributed by atoms with Crippen LogP contribution >= 0.6 is 0 Å². The van der Waals surface area contributed by atoms with Crippen LogP contribution in [0.2, 0.25) is 0 Å². The lowest BCUT2D eigenvalue weighted by Gasteiger charge is -2.06. The number of aryl methyl sites for hydroxylation is 1. The van der Waals surface area contributed by atoms with Gasteiger partial charge in [-0.2, -0.15) is 5.26 Å². The van der Waals surface area contributed by atoms with Crippen molar-refractivity contribution in [3.8, 4) is 6.07 Å². The molecule has 0 atom stereocenters. The molecule has 4 nitrogen and oxygen atoms in total. The van der Waals surface area contributed by atoms with Gasteiger partial charge >= 0.3 is 7.12 Å². The molecule has 0 bridgehead atoms. The summed E-state index contributed by atoms with van der Waals surface area (Å²) in [5.74, 6) is 0. The van der Waals surface area contributed by atoms with Crippen molar-refractivity contribution in [1.82, 2.24) is 4.98 Å². The quantitative estimate of drug-likeness (QED) is 0.552. The molecule has 66 valence electrons. The monoisotopic (exact) mass is 176 g/mol. The van der Waals surface area contributed by atoms with Gasteiger partial charge in [-0.1, -0.05) is 0 Å². The van der Waals surface area contributed by atoms with E-state index in [1.165, 1.54) is 6.20 Å². The highest BCUT2D eigenvalue weighted by Crippen LogP contribution is 2.06. The fourth-order valence-electron chi connectivity index (χ4n) is 1.07. The smallest absolute Gasteiger partial charge is 0.423 e. The van der Waals surface area contributed by atoms with E-state index in [0.29, 0.717) is 11.1 Å². The molecule has 0 saturated carbocycles. The second-order valence-electron chi connectivity index (χ2n) is 2.78. The van der Waals surface area contributed by atoms with Crippen LogP contribution < -0.4 is 5.46 Å². The molecular weight excluding hydrogens is 167 g/mol. The highest BCUT2D eigenvalue weighted by Gasteiger charge is 2.18. The van der Waals surface area contributed by atoms with Crippen molar-refractivity contribution in [1.29, 1.82) is 5.26 Å². The largest absolute Gasteiger partial charge is 0.491 e. The molecular formula is C8H9BN2O2. The maximum absolute atomic E-state index is 8.92. The first-order valence-corrected chi connectivity index (χ1v) is 3.80. The Morgan fingerprint density at radius 3 is 2.54 bits per heavy atom. The number of hydrogen-bond acceptors (Lipinski definition) is 4. The van der Waals surface area contributed by atoms with Crippen molar-refractivity contribution in [3.05, 3.63) is 23.0 Å². The van der Waals surface area contributed by atoms with Gasteiger partial charge in [0.25, 0.3) is 0 Å². The van der Waals surface area contributed by atoms with Gasteiger partial charge in [-0.15, -0.1) is 0 Å². The van der Waals surface area contributed by atoms with E-state index in [0.717, 1.165) is 5.69 Å². The Bertz CT molecular complexity index is 371. The molecule has 13 heavy (non-hydrogen) atoms. The van der Waals surface area contributed by atoms with Crippen molar-refractivity contribution in [3.63, 3.8) is 0 Å². The average molecular weight is 176 g/mol. The summed E-state index contributed by atoms with van der Waals surface area (Å²) in [5.41, 5.74) is 1.86. The first-order valence-electron chi connectivity index (χ1n) is 3.80. The topological polar surface area (TPSA) is 77.1 Å². The van der Waals surface area contributed by atoms with E-state index in [-0.39, 0.29) is 5.46 Å². The van der Waals surface area contributed by atoms with Crippen LogP contribution in [0.1, 0.15) is 16.8 Å². The predicted molar refractivity (Wildman–Crippen MR) is 48.3 cm³/mol. The minimum absolute atomic E-state index is 0.158. The normalized spacial score (nSPS) is 9.46. The van der Waals surface area contributed by atoms with Crippen LogP contribution in [-0.2, 0) is 0 Å². The van der Waals surface area contributed by atoms with Crippen molar-refractivity contribution in [2.75, 3.05) is 0 Å². The van der Waals surface area contributed by atoms with Gasteiger partial charge in [-0.3, -0.25) is 4.98 Å². The summed E-state index contributed by atoms with van der Waals surface area (Å²) in [6.07, 6.45) is 1.31. The zero-order valence-electron chi connectivity index (χ0n) is 7.44. The van der Waals surface area contributed by atoms with Crippen LogP contribution in [0, 0.1) is 25.2 Å². The Balaban J connectivity index is 3.41. The maximum Gasteiger partial charge on any atom is 0.491 e. The lowest BCUT2D eigenvalue weighted by molar-refractivity contribution is 0.425. The van der Waals surface area contributed by atoms with Gasteiger partial charge < -0.3 is 10.0 Å². The second-order valence-corrected chi connectivity index (χ2v) is 2.78. The SMILES string of the molecule is Cc1ncc(B(O)O)c(C#N)c1C. The molecule has 1 heterocycles. The fraction of sp³-hybridized carbons (Fsp3) is 0.250. The Labute approximate surface area is 76.6 Å². The predicted octanol–water partition coefficient (Wildman–Crippen LogP) is -0.750. The zero-order chi connectivity index (χ0) is 10.0. The summed E-state index contributed by atoms with van der Waals surface area (Å²) in [5, 5.41) is 26.6. The maximum atomic E-state index is 8.92. The van der Waals surface area contributed by atoms with Crippen molar-refractivity contribution in [2.24, 2.45) is 0 Å². The first kappa shape index (κ1) is 9.71. The zero-order valence-corrected chi connectivity index (χ0v) is 7.44. The number of nitriles is 1. The summed E-state index contributed by atoms with van der Waals surface area (Å²) in [6, 6.07) is 1.93. The van der Waals surface area contributed by atoms with E-state index < -0.39 is 7.12 Å². The number of pyridine rings is 1. The average Bonchev–Trinajstić information content (AvgIpc) is 2.09. The summed E-state index contributed by atoms with van der Waals surface area (Å²) in [7, 11) is -1.64. The van der Waals surface area contributed by atoms with Gasteiger partial charge in [0, 0.05) is 17.4 Å². The molecule has 0 amide bonds. The summed E-state index contributed by atoms with van der Waals surface area (Å²) >= 11 is 0. The molecule has 0 spiro atoms. The number of nitrogens with zero attached hydrogens (tertiary/aromatic N) is 2. The van der Waals surface area contributed by atoms with E-state index in [1.807, 2.05) is 6.07 Å². The highest BCUT2D eigenvalue weighted by atomic mass is 16.4. The van der Waals surface area contributed by atoms with Crippen molar-refractivity contribution >= 4 is 12.6 Å². The third kappa shape index (κ3) is 1.69. The third-order valence-corrected chi connectivity index (χ3v) is 1.99. The lowest BCUT2D eigenvalue weighted by Crippen LogP contribution is -2.33. The van der Waals surface area contributed by atoms with E-state index in [9.17, 15) is 0 Å². The molecule has 1 aromatic heterocycles. The summed E-state index contributed by atoms with van der Waals surface area (Å²) in [6.45, 7) is 3.50. The Hall–Kier alpha value is -1.38. The van der Waals surface area contributed by atoms with Crippen LogP contribution in [0.3, 0.4) is 0 Å². The Kier molecular flexibility index (Phi) is 2.66. The third-order valence-electron chi connectivity index (χ3n) is 1.99. The Morgan fingerprint density at radius 1 is 1.46 bits per heavy atom. The molecule has 0 unspecified atom stereocenters. The van der Waals surface area contributed by atoms with Gasteiger partial charge in [-0.05, 0) is 19.4 Å². The van der Waals surface area contributed by atoms with E-state index in [4.69, 9.17) is 15.3 Å². The van der Waals surface area contributed by atoms with Gasteiger partial charge in [0.05, 0.1) is 11.6 Å². The molecule has 0 aliphatic heterocycles. The van der Waals surface area contributed by atoms with Crippen LogP contribution in [-0.4, -0.2) is 22.2 Å². The van der Waals surface area contributed by atoms with Crippen molar-refractivity contribution < 1.29 is 10.0 Å². The Morgan fingerprint density at radius 2 is 2.08 bits per heavy atom. The molecule has 1 aromatic rings. The van der Waals surface area contributed by atoms with Crippen LogP contribution in [0.4, 0.5) is 0 Å². The van der Waals surface area contributed by atoms with Crippen LogP contribution in [0.5, 0.6) is 0 Å². The first-order chi connectivity index (χ1) is 6.07. The highest BCUT2D eigenvalue weighted by molar-refractivity contribution is 6.59. The molecule has 0 fully saturated rings.